The van der Waals surface area contributed by atoms with Crippen LogP contribution in [0.1, 0.15) is 25.7 Å². The first kappa shape index (κ1) is 8.38. The van der Waals surface area contributed by atoms with E-state index < -0.39 is 11.5 Å². The van der Waals surface area contributed by atoms with Crippen molar-refractivity contribution < 1.29 is 13.9 Å². The summed E-state index contributed by atoms with van der Waals surface area (Å²) in [7, 11) is 0. The van der Waals surface area contributed by atoms with Crippen molar-refractivity contribution in [2.75, 3.05) is 0 Å². The van der Waals surface area contributed by atoms with Crippen molar-refractivity contribution in [3.05, 3.63) is 0 Å². The number of aliphatic hydroxyl groups is 1. The van der Waals surface area contributed by atoms with Crippen LogP contribution in [0.3, 0.4) is 0 Å². The van der Waals surface area contributed by atoms with Gasteiger partial charge in [0.15, 0.2) is 0 Å². The van der Waals surface area contributed by atoms with E-state index in [-0.39, 0.29) is 24.9 Å². The minimum absolute atomic E-state index is 0.0732. The van der Waals surface area contributed by atoms with E-state index in [9.17, 15) is 8.78 Å². The van der Waals surface area contributed by atoms with Gasteiger partial charge in [0, 0.05) is 18.4 Å². The maximum absolute atomic E-state index is 12.5. The van der Waals surface area contributed by atoms with Gasteiger partial charge < -0.3 is 10.8 Å². The summed E-state index contributed by atoms with van der Waals surface area (Å²) in [5.41, 5.74) is 5.34. The molecule has 4 heteroatoms. The molecule has 70 valence electrons. The highest BCUT2D eigenvalue weighted by Crippen LogP contribution is 2.52. The zero-order valence-electron chi connectivity index (χ0n) is 6.76. The van der Waals surface area contributed by atoms with Gasteiger partial charge in [-0.1, -0.05) is 0 Å². The fraction of sp³-hybridized carbons (Fsp3) is 1.00. The monoisotopic (exact) mass is 177 g/mol. The van der Waals surface area contributed by atoms with Gasteiger partial charge in [0.05, 0.1) is 6.10 Å². The van der Waals surface area contributed by atoms with E-state index in [2.05, 4.69) is 0 Å². The van der Waals surface area contributed by atoms with E-state index in [4.69, 9.17) is 10.8 Å². The van der Waals surface area contributed by atoms with Gasteiger partial charge in [-0.05, 0) is 18.8 Å². The molecule has 0 heterocycles. The van der Waals surface area contributed by atoms with Gasteiger partial charge in [0.1, 0.15) is 0 Å². The molecular formula is C8H13F2NO. The second-order valence-electron chi connectivity index (χ2n) is 4.26. The molecule has 2 aliphatic carbocycles. The van der Waals surface area contributed by atoms with Gasteiger partial charge in [-0.15, -0.1) is 0 Å². The number of halogens is 2. The van der Waals surface area contributed by atoms with Crippen LogP contribution in [-0.2, 0) is 0 Å². The topological polar surface area (TPSA) is 46.2 Å². The van der Waals surface area contributed by atoms with E-state index in [1.165, 1.54) is 0 Å². The van der Waals surface area contributed by atoms with Crippen molar-refractivity contribution in [3.63, 3.8) is 0 Å². The number of nitrogens with two attached hydrogens (primary N) is 1. The van der Waals surface area contributed by atoms with Gasteiger partial charge in [0.25, 0.3) is 0 Å². The molecular weight excluding hydrogens is 164 g/mol. The maximum atomic E-state index is 12.5. The third kappa shape index (κ3) is 1.13. The molecule has 0 aromatic carbocycles. The van der Waals surface area contributed by atoms with Crippen LogP contribution in [0, 0.1) is 5.92 Å². The molecule has 3 N–H and O–H groups in total. The molecule has 0 bridgehead atoms. The molecule has 2 saturated carbocycles. The first-order valence-electron chi connectivity index (χ1n) is 4.26. The average Bonchev–Trinajstić information content (AvgIpc) is 1.79. The van der Waals surface area contributed by atoms with E-state index >= 15 is 0 Å². The molecule has 2 rings (SSSR count). The molecule has 0 spiro atoms. The normalized spacial score (nSPS) is 46.5. The van der Waals surface area contributed by atoms with Crippen molar-refractivity contribution in [1.29, 1.82) is 0 Å². The van der Waals surface area contributed by atoms with Crippen molar-refractivity contribution in [2.24, 2.45) is 11.7 Å². The Morgan fingerprint density at radius 2 is 1.67 bits per heavy atom. The van der Waals surface area contributed by atoms with Crippen molar-refractivity contribution >= 4 is 0 Å². The third-order valence-electron chi connectivity index (χ3n) is 3.13. The van der Waals surface area contributed by atoms with Crippen LogP contribution in [0.2, 0.25) is 0 Å². The Labute approximate surface area is 69.7 Å². The molecule has 0 aromatic rings. The smallest absolute Gasteiger partial charge is 0.248 e. The molecule has 0 aliphatic heterocycles. The highest BCUT2D eigenvalue weighted by atomic mass is 19.3. The third-order valence-corrected chi connectivity index (χ3v) is 3.13. The van der Waals surface area contributed by atoms with Gasteiger partial charge in [0.2, 0.25) is 5.92 Å². The van der Waals surface area contributed by atoms with Gasteiger partial charge in [-0.2, -0.15) is 0 Å². The second-order valence-corrected chi connectivity index (χ2v) is 4.26. The van der Waals surface area contributed by atoms with Crippen molar-refractivity contribution in [2.45, 2.75) is 43.2 Å². The summed E-state index contributed by atoms with van der Waals surface area (Å²) in [6, 6.07) is 0. The molecule has 0 amide bonds. The lowest BCUT2D eigenvalue weighted by Crippen LogP contribution is -2.64. The summed E-state index contributed by atoms with van der Waals surface area (Å²) in [6.45, 7) is 0. The predicted molar refractivity (Wildman–Crippen MR) is 39.8 cm³/mol. The molecule has 0 unspecified atom stereocenters. The average molecular weight is 177 g/mol. The predicted octanol–water partition coefficient (Wildman–Crippen LogP) is 0.884. The Balaban J connectivity index is 1.89. The van der Waals surface area contributed by atoms with Crippen LogP contribution in [-0.4, -0.2) is 22.7 Å². The summed E-state index contributed by atoms with van der Waals surface area (Å²) < 4.78 is 24.9. The van der Waals surface area contributed by atoms with Crippen LogP contribution >= 0.6 is 0 Å². The molecule has 0 aromatic heterocycles. The van der Waals surface area contributed by atoms with Crippen LogP contribution in [0.4, 0.5) is 8.78 Å². The highest BCUT2D eigenvalue weighted by molar-refractivity contribution is 5.09. The highest BCUT2D eigenvalue weighted by Gasteiger charge is 2.57. The second kappa shape index (κ2) is 2.17. The molecule has 2 fully saturated rings. The van der Waals surface area contributed by atoms with Gasteiger partial charge in [-0.25, -0.2) is 8.78 Å². The number of rotatable bonds is 1. The summed E-state index contributed by atoms with van der Waals surface area (Å²) in [5.74, 6) is -2.56. The first-order valence-corrected chi connectivity index (χ1v) is 4.26. The van der Waals surface area contributed by atoms with Crippen LogP contribution in [0.25, 0.3) is 0 Å². The molecule has 2 aliphatic rings. The maximum Gasteiger partial charge on any atom is 0.248 e. The lowest BCUT2D eigenvalue weighted by Gasteiger charge is -2.53. The Morgan fingerprint density at radius 1 is 1.17 bits per heavy atom. The van der Waals surface area contributed by atoms with E-state index in [1.54, 1.807) is 0 Å². The minimum atomic E-state index is -2.49. The van der Waals surface area contributed by atoms with Crippen LogP contribution in [0.15, 0.2) is 0 Å². The summed E-state index contributed by atoms with van der Waals surface area (Å²) >= 11 is 0. The Kier molecular flexibility index (Phi) is 1.52. The lowest BCUT2D eigenvalue weighted by molar-refractivity contribution is -0.156. The standard InChI is InChI=1S/C8H13F2NO/c9-8(10)1-5(2-8)7(11)3-6(12)4-7/h5-6,12H,1-4,11H2. The summed E-state index contributed by atoms with van der Waals surface area (Å²) in [4.78, 5) is 0. The van der Waals surface area contributed by atoms with E-state index in [1.807, 2.05) is 0 Å². The zero-order chi connectivity index (χ0) is 8.98. The minimum Gasteiger partial charge on any atom is -0.393 e. The quantitative estimate of drug-likeness (QED) is 0.624. The largest absolute Gasteiger partial charge is 0.393 e. The molecule has 0 atom stereocenters. The molecule has 2 nitrogen and oxygen atoms in total. The Morgan fingerprint density at radius 3 is 2.00 bits per heavy atom. The van der Waals surface area contributed by atoms with Crippen LogP contribution < -0.4 is 5.73 Å². The van der Waals surface area contributed by atoms with Crippen molar-refractivity contribution in [1.82, 2.24) is 0 Å². The number of hydrogen-bond donors (Lipinski definition) is 2. The zero-order valence-corrected chi connectivity index (χ0v) is 6.76. The van der Waals surface area contributed by atoms with Crippen molar-refractivity contribution in [3.8, 4) is 0 Å². The number of aliphatic hydroxyl groups excluding tert-OH is 1. The number of hydrogen-bond acceptors (Lipinski definition) is 2. The SMILES string of the molecule is NC1(C2CC(F)(F)C2)CC(O)C1. The fourth-order valence-corrected chi connectivity index (χ4v) is 2.22. The fourth-order valence-electron chi connectivity index (χ4n) is 2.22. The lowest BCUT2D eigenvalue weighted by atomic mass is 9.59. The molecule has 0 radical (unpaired) electrons. The molecule has 0 saturated heterocycles. The van der Waals surface area contributed by atoms with Crippen LogP contribution in [0.5, 0.6) is 0 Å². The van der Waals surface area contributed by atoms with E-state index in [0.717, 1.165) is 0 Å². The number of alkyl halides is 2. The Bertz CT molecular complexity index is 193. The van der Waals surface area contributed by atoms with Gasteiger partial charge in [-0.3, -0.25) is 0 Å². The Hall–Kier alpha value is -0.220. The van der Waals surface area contributed by atoms with E-state index in [0.29, 0.717) is 12.8 Å². The summed E-state index contributed by atoms with van der Waals surface area (Å²) in [5, 5.41) is 9.01. The summed E-state index contributed by atoms with van der Waals surface area (Å²) in [6.07, 6.45) is 0.456. The first-order chi connectivity index (χ1) is 5.41. The molecule has 12 heavy (non-hydrogen) atoms. The van der Waals surface area contributed by atoms with Gasteiger partial charge >= 0.3 is 0 Å².